The van der Waals surface area contributed by atoms with Gasteiger partial charge in [-0.1, -0.05) is 86.6 Å². The Bertz CT molecular complexity index is 1710. The van der Waals surface area contributed by atoms with Crippen LogP contribution in [0.1, 0.15) is 25.0 Å². The lowest BCUT2D eigenvalue weighted by Gasteiger charge is -2.21. The normalized spacial score (nSPS) is 13.8. The lowest BCUT2D eigenvalue weighted by molar-refractivity contribution is 0.661. The predicted molar refractivity (Wildman–Crippen MR) is 139 cm³/mol. The third-order valence-corrected chi connectivity index (χ3v) is 7.30. The van der Waals surface area contributed by atoms with E-state index < -0.39 is 0 Å². The van der Waals surface area contributed by atoms with Crippen molar-refractivity contribution in [2.24, 2.45) is 0 Å². The molecule has 34 heavy (non-hydrogen) atoms. The summed E-state index contributed by atoms with van der Waals surface area (Å²) in [5.74, 6) is 0.738. The molecule has 0 unspecified atom stereocenters. The summed E-state index contributed by atoms with van der Waals surface area (Å²) in [5.41, 5.74) is 9.75. The van der Waals surface area contributed by atoms with E-state index in [1.807, 2.05) is 42.7 Å². The van der Waals surface area contributed by atoms with Gasteiger partial charge in [-0.15, -0.1) is 0 Å². The Morgan fingerprint density at radius 1 is 0.618 bits per heavy atom. The second-order valence-electron chi connectivity index (χ2n) is 9.57. The third-order valence-electron chi connectivity index (χ3n) is 7.30. The highest BCUT2D eigenvalue weighted by Gasteiger charge is 2.36. The maximum atomic E-state index is 4.72. The van der Waals surface area contributed by atoms with Crippen molar-refractivity contribution < 1.29 is 0 Å². The second kappa shape index (κ2) is 6.88. The summed E-state index contributed by atoms with van der Waals surface area (Å²) in [5, 5.41) is 2.52. The van der Waals surface area contributed by atoms with Crippen molar-refractivity contribution in [3.05, 3.63) is 115 Å². The van der Waals surface area contributed by atoms with Crippen molar-refractivity contribution in [3.63, 3.8) is 0 Å². The maximum Gasteiger partial charge on any atom is 0.159 e. The van der Waals surface area contributed by atoms with E-state index in [2.05, 4.69) is 79.1 Å². The summed E-state index contributed by atoms with van der Waals surface area (Å²) >= 11 is 0. The van der Waals surface area contributed by atoms with Crippen molar-refractivity contribution >= 4 is 21.8 Å². The zero-order valence-corrected chi connectivity index (χ0v) is 19.2. The first-order valence-corrected chi connectivity index (χ1v) is 11.7. The molecule has 0 N–H and O–H groups in total. The van der Waals surface area contributed by atoms with Gasteiger partial charge in [0.05, 0.1) is 29.1 Å². The molecule has 2 aromatic heterocycles. The molecule has 0 atom stereocenters. The highest BCUT2D eigenvalue weighted by atomic mass is 15.0. The molecule has 162 valence electrons. The summed E-state index contributed by atoms with van der Waals surface area (Å²) in [6.07, 6.45) is 3.87. The summed E-state index contributed by atoms with van der Waals surface area (Å²) in [7, 11) is 0. The van der Waals surface area contributed by atoms with Crippen molar-refractivity contribution in [3.8, 4) is 28.2 Å². The fourth-order valence-corrected chi connectivity index (χ4v) is 5.61. The molecule has 0 bridgehead atoms. The molecule has 1 aliphatic carbocycles. The average molecular weight is 438 g/mol. The number of benzene rings is 4. The molecule has 2 heterocycles. The average Bonchev–Trinajstić information content (AvgIpc) is 3.33. The number of rotatable bonds is 2. The first-order valence-electron chi connectivity index (χ1n) is 11.7. The number of hydrogen-bond donors (Lipinski definition) is 0. The third kappa shape index (κ3) is 2.58. The molecule has 1 aliphatic rings. The van der Waals surface area contributed by atoms with Crippen molar-refractivity contribution in [2.45, 2.75) is 19.3 Å². The fourth-order valence-electron chi connectivity index (χ4n) is 5.61. The van der Waals surface area contributed by atoms with Crippen LogP contribution in [-0.2, 0) is 5.41 Å². The van der Waals surface area contributed by atoms with Crippen LogP contribution < -0.4 is 0 Å². The monoisotopic (exact) mass is 437 g/mol. The van der Waals surface area contributed by atoms with Crippen LogP contribution in [0.5, 0.6) is 0 Å². The predicted octanol–water partition coefficient (Wildman–Crippen LogP) is 7.55. The van der Waals surface area contributed by atoms with E-state index in [0.717, 1.165) is 17.1 Å². The molecule has 0 saturated carbocycles. The van der Waals surface area contributed by atoms with Gasteiger partial charge in [0.25, 0.3) is 0 Å². The highest BCUT2D eigenvalue weighted by Crippen LogP contribution is 2.50. The number of hydrogen-bond acceptors (Lipinski definition) is 2. The van der Waals surface area contributed by atoms with Crippen LogP contribution in [-0.4, -0.2) is 14.5 Å². The van der Waals surface area contributed by atoms with Gasteiger partial charge in [-0.05, 0) is 40.5 Å². The molecule has 6 aromatic rings. The zero-order valence-electron chi connectivity index (χ0n) is 19.2. The van der Waals surface area contributed by atoms with E-state index >= 15 is 0 Å². The van der Waals surface area contributed by atoms with Crippen LogP contribution in [0.4, 0.5) is 0 Å². The first-order chi connectivity index (χ1) is 16.6. The molecular weight excluding hydrogens is 414 g/mol. The summed E-state index contributed by atoms with van der Waals surface area (Å²) in [4.78, 5) is 9.44. The van der Waals surface area contributed by atoms with Crippen LogP contribution in [0.2, 0.25) is 0 Å². The molecule has 0 fully saturated rings. The fraction of sp³-hybridized carbons (Fsp3) is 0.0968. The van der Waals surface area contributed by atoms with Gasteiger partial charge in [0.1, 0.15) is 0 Å². The highest BCUT2D eigenvalue weighted by molar-refractivity contribution is 6.11. The van der Waals surface area contributed by atoms with Crippen LogP contribution in [0.3, 0.4) is 0 Å². The lowest BCUT2D eigenvalue weighted by Crippen LogP contribution is -2.14. The minimum absolute atomic E-state index is 0.0240. The quantitative estimate of drug-likeness (QED) is 0.280. The Balaban J connectivity index is 1.50. The van der Waals surface area contributed by atoms with Gasteiger partial charge in [-0.2, -0.15) is 0 Å². The van der Waals surface area contributed by atoms with Crippen molar-refractivity contribution in [1.82, 2.24) is 14.5 Å². The Labute approximate surface area is 198 Å². The number of fused-ring (bicyclic) bond motifs is 6. The topological polar surface area (TPSA) is 30.7 Å². The van der Waals surface area contributed by atoms with E-state index in [9.17, 15) is 0 Å². The SMILES string of the molecule is CC1(C)c2ccccc2-c2cc3c(cc21)c1ccccc1n3-c1cnc(-c2ccccc2)nc1. The van der Waals surface area contributed by atoms with Gasteiger partial charge in [-0.3, -0.25) is 0 Å². The zero-order chi connectivity index (χ0) is 22.9. The van der Waals surface area contributed by atoms with E-state index in [0.29, 0.717) is 0 Å². The minimum Gasteiger partial charge on any atom is -0.306 e. The van der Waals surface area contributed by atoms with Crippen LogP contribution >= 0.6 is 0 Å². The smallest absolute Gasteiger partial charge is 0.159 e. The Hall–Kier alpha value is -4.24. The summed E-state index contributed by atoms with van der Waals surface area (Å²) in [6.45, 7) is 4.66. The molecule has 0 spiro atoms. The van der Waals surface area contributed by atoms with Crippen LogP contribution in [0.15, 0.2) is 103 Å². The van der Waals surface area contributed by atoms with E-state index in [1.165, 1.54) is 44.1 Å². The number of aromatic nitrogens is 3. The molecule has 3 nitrogen and oxygen atoms in total. The van der Waals surface area contributed by atoms with Gasteiger partial charge < -0.3 is 4.57 Å². The minimum atomic E-state index is -0.0240. The molecule has 0 aliphatic heterocycles. The Kier molecular flexibility index (Phi) is 3.89. The maximum absolute atomic E-state index is 4.72. The molecule has 3 heteroatoms. The van der Waals surface area contributed by atoms with Crippen molar-refractivity contribution in [1.29, 1.82) is 0 Å². The molecule has 7 rings (SSSR count). The lowest BCUT2D eigenvalue weighted by atomic mass is 9.82. The Morgan fingerprint density at radius 3 is 2.15 bits per heavy atom. The largest absolute Gasteiger partial charge is 0.306 e. The standard InChI is InChI=1S/C31H23N3/c1-31(2)26-14-8-6-12-22(26)24-17-29-25(16-27(24)31)23-13-7-9-15-28(23)34(29)21-18-32-30(33-19-21)20-10-4-3-5-11-20/h3-19H,1-2H3. The van der Waals surface area contributed by atoms with Gasteiger partial charge >= 0.3 is 0 Å². The van der Waals surface area contributed by atoms with Gasteiger partial charge in [0, 0.05) is 21.8 Å². The van der Waals surface area contributed by atoms with E-state index in [-0.39, 0.29) is 5.41 Å². The second-order valence-corrected chi connectivity index (χ2v) is 9.57. The molecule has 0 amide bonds. The molecular formula is C31H23N3. The van der Waals surface area contributed by atoms with E-state index in [1.54, 1.807) is 0 Å². The summed E-state index contributed by atoms with van der Waals surface area (Å²) < 4.78 is 2.30. The number of para-hydroxylation sites is 1. The van der Waals surface area contributed by atoms with E-state index in [4.69, 9.17) is 9.97 Å². The molecule has 4 aromatic carbocycles. The van der Waals surface area contributed by atoms with Crippen LogP contribution in [0, 0.1) is 0 Å². The Morgan fingerprint density at radius 2 is 1.32 bits per heavy atom. The van der Waals surface area contributed by atoms with Crippen molar-refractivity contribution in [2.75, 3.05) is 0 Å². The number of nitrogens with zero attached hydrogens (tertiary/aromatic N) is 3. The van der Waals surface area contributed by atoms with Gasteiger partial charge in [-0.25, -0.2) is 9.97 Å². The van der Waals surface area contributed by atoms with Gasteiger partial charge in [0.15, 0.2) is 5.82 Å². The van der Waals surface area contributed by atoms with Crippen LogP contribution in [0.25, 0.3) is 50.0 Å². The summed E-state index contributed by atoms with van der Waals surface area (Å²) in [6, 6.07) is 32.3. The first kappa shape index (κ1) is 19.2. The van der Waals surface area contributed by atoms with Gasteiger partial charge in [0.2, 0.25) is 0 Å². The molecule has 0 radical (unpaired) electrons. The molecule has 0 saturated heterocycles.